The van der Waals surface area contributed by atoms with Gasteiger partial charge in [-0.1, -0.05) is 132 Å². The average molecular weight is 906 g/mol. The van der Waals surface area contributed by atoms with Gasteiger partial charge in [-0.2, -0.15) is 13.2 Å². The molecular formula is C43H38Cl3F3N2O10. The summed E-state index contributed by atoms with van der Waals surface area (Å²) in [6.07, 6.45) is -15.0. The summed E-state index contributed by atoms with van der Waals surface area (Å²) in [5, 5.41) is 2.23. The molecule has 0 spiro atoms. The molecule has 322 valence electrons. The fourth-order valence-corrected chi connectivity index (χ4v) is 6.95. The molecule has 1 unspecified atom stereocenters. The van der Waals surface area contributed by atoms with Gasteiger partial charge >= 0.3 is 18.3 Å². The summed E-state index contributed by atoms with van der Waals surface area (Å²) >= 11 is 17.7. The first kappa shape index (κ1) is 45.3. The molecule has 61 heavy (non-hydrogen) atoms. The van der Waals surface area contributed by atoms with Crippen molar-refractivity contribution < 1.29 is 60.8 Å². The van der Waals surface area contributed by atoms with E-state index in [1.165, 1.54) is 31.2 Å². The zero-order chi connectivity index (χ0) is 43.7. The Balaban J connectivity index is 1.37. The Labute approximate surface area is 363 Å². The highest BCUT2D eigenvalue weighted by Gasteiger charge is 2.55. The van der Waals surface area contributed by atoms with Crippen molar-refractivity contribution in [1.29, 1.82) is 0 Å². The lowest BCUT2D eigenvalue weighted by Gasteiger charge is -2.45. The Bertz CT molecular complexity index is 2160. The van der Waals surface area contributed by atoms with Crippen molar-refractivity contribution in [2.45, 2.75) is 72.9 Å². The number of benzene rings is 4. The van der Waals surface area contributed by atoms with E-state index in [9.17, 15) is 32.3 Å². The van der Waals surface area contributed by atoms with Crippen LogP contribution < -0.4 is 5.32 Å². The fourth-order valence-electron chi connectivity index (χ4n) is 6.79. The van der Waals surface area contributed by atoms with Crippen LogP contribution in [0.1, 0.15) is 42.4 Å². The van der Waals surface area contributed by atoms with E-state index in [-0.39, 0.29) is 25.3 Å². The van der Waals surface area contributed by atoms with Gasteiger partial charge in [0.2, 0.25) is 6.29 Å². The van der Waals surface area contributed by atoms with Crippen molar-refractivity contribution >= 4 is 70.2 Å². The third-order valence-electron chi connectivity index (χ3n) is 9.56. The largest absolute Gasteiger partial charge is 0.508 e. The van der Waals surface area contributed by atoms with Crippen molar-refractivity contribution in [1.82, 2.24) is 5.32 Å². The fraction of sp³-hybridized carbons (Fsp3) is 0.326. The molecule has 1 N–H and O–H groups in total. The number of amides is 1. The molecule has 12 nitrogen and oxygen atoms in total. The molecule has 0 radical (unpaired) electrons. The van der Waals surface area contributed by atoms with Crippen LogP contribution in [-0.2, 0) is 49.4 Å². The monoisotopic (exact) mass is 904 g/mol. The van der Waals surface area contributed by atoms with Crippen LogP contribution >= 0.6 is 34.8 Å². The average Bonchev–Trinajstić information content (AvgIpc) is 3.54. The number of nitrogens with zero attached hydrogens (tertiary/aromatic N) is 1. The number of para-hydroxylation sites is 1. The molecule has 1 amide bonds. The Morgan fingerprint density at radius 3 is 1.92 bits per heavy atom. The maximum atomic E-state index is 14.7. The van der Waals surface area contributed by atoms with Gasteiger partial charge in [0, 0.05) is 12.3 Å². The van der Waals surface area contributed by atoms with E-state index >= 15 is 0 Å². The molecule has 1 heterocycles. The van der Waals surface area contributed by atoms with Gasteiger partial charge in [-0.15, -0.1) is 0 Å². The standard InChI is InChI=1S/C43H38Cl3F3N2O10/c1-25(52)20-21-34(53)59-37-35(51-39(54)42(44,45)46)38(61-40(43(47,48)49)50-27-14-6-3-7-15-27)58-33(24-56-22-26-12-4-2-5-13-26)36(37)60-41(55)57-23-32-30-18-10-8-16-28(30)29-17-9-11-19-31(29)32/h2-19,32-33,35-38H,20-24H2,1H3,(H,51,54)/t33-,35-,36-,37-,38?/m1/s1. The molecule has 1 fully saturated rings. The van der Waals surface area contributed by atoms with Gasteiger partial charge in [-0.3, -0.25) is 9.59 Å². The summed E-state index contributed by atoms with van der Waals surface area (Å²) in [5.74, 6) is -5.12. The van der Waals surface area contributed by atoms with E-state index in [0.29, 0.717) is 5.56 Å². The number of nitrogens with one attached hydrogen (secondary N) is 1. The lowest BCUT2D eigenvalue weighted by atomic mass is 9.96. The van der Waals surface area contributed by atoms with Crippen LogP contribution in [0.2, 0.25) is 0 Å². The molecule has 0 aromatic heterocycles. The highest BCUT2D eigenvalue weighted by Crippen LogP contribution is 2.44. The maximum absolute atomic E-state index is 14.7. The van der Waals surface area contributed by atoms with E-state index < -0.39 is 89.3 Å². The first-order valence-electron chi connectivity index (χ1n) is 18.8. The van der Waals surface area contributed by atoms with Gasteiger partial charge in [0.1, 0.15) is 24.5 Å². The number of Topliss-reactive ketones (excluding diaryl/α,β-unsaturated/α-hetero) is 1. The third-order valence-corrected chi connectivity index (χ3v) is 10.1. The van der Waals surface area contributed by atoms with E-state index in [4.69, 9.17) is 63.2 Å². The Hall–Kier alpha value is -5.19. The van der Waals surface area contributed by atoms with Crippen LogP contribution in [0.4, 0.5) is 23.7 Å². The van der Waals surface area contributed by atoms with Crippen molar-refractivity contribution in [3.05, 3.63) is 126 Å². The molecule has 4 aromatic carbocycles. The minimum absolute atomic E-state index is 0.0519. The number of alkyl halides is 6. The molecular weight excluding hydrogens is 868 g/mol. The van der Waals surface area contributed by atoms with Gasteiger partial charge in [-0.05, 0) is 46.9 Å². The number of esters is 1. The highest BCUT2D eigenvalue weighted by atomic mass is 35.6. The van der Waals surface area contributed by atoms with Gasteiger partial charge in [0.05, 0.1) is 25.3 Å². The minimum atomic E-state index is -5.26. The predicted molar refractivity (Wildman–Crippen MR) is 217 cm³/mol. The number of ketones is 1. The molecule has 1 saturated heterocycles. The molecule has 0 saturated carbocycles. The molecule has 6 rings (SSSR count). The lowest BCUT2D eigenvalue weighted by Crippen LogP contribution is -2.68. The number of carbonyl (C=O) groups is 4. The predicted octanol–water partition coefficient (Wildman–Crippen LogP) is 8.71. The summed E-state index contributed by atoms with van der Waals surface area (Å²) in [7, 11) is 0. The summed E-state index contributed by atoms with van der Waals surface area (Å²) in [6, 6.07) is 28.9. The summed E-state index contributed by atoms with van der Waals surface area (Å²) in [4.78, 5) is 55.9. The second-order valence-corrected chi connectivity index (χ2v) is 16.2. The second-order valence-electron chi connectivity index (χ2n) is 13.9. The summed E-state index contributed by atoms with van der Waals surface area (Å²) in [6.45, 7) is 0.440. The van der Waals surface area contributed by atoms with E-state index in [2.05, 4.69) is 10.3 Å². The first-order valence-corrected chi connectivity index (χ1v) is 19.9. The van der Waals surface area contributed by atoms with E-state index in [1.54, 1.807) is 36.4 Å². The molecule has 2 aliphatic rings. The number of rotatable bonds is 14. The topological polar surface area (TPSA) is 148 Å². The SMILES string of the molecule is CC(=O)CCC(=O)O[C@H]1[C@H](OC(=O)OCC2c3ccccc3-c3ccccc32)[C@@H](COCc2ccccc2)OC(OC(=Nc2ccccc2)C(F)(F)F)[C@@H]1NC(=O)C(Cl)(Cl)Cl. The summed E-state index contributed by atoms with van der Waals surface area (Å²) in [5.41, 5.74) is 4.18. The van der Waals surface area contributed by atoms with E-state index in [1.807, 2.05) is 48.5 Å². The number of aliphatic imine (C=N–C) groups is 1. The van der Waals surface area contributed by atoms with Gasteiger partial charge in [0.15, 0.2) is 12.2 Å². The number of hydrogen-bond acceptors (Lipinski definition) is 11. The Morgan fingerprint density at radius 1 is 0.738 bits per heavy atom. The minimum Gasteiger partial charge on any atom is -0.456 e. The maximum Gasteiger partial charge on any atom is 0.508 e. The zero-order valence-electron chi connectivity index (χ0n) is 32.2. The third kappa shape index (κ3) is 12.0. The zero-order valence-corrected chi connectivity index (χ0v) is 34.5. The van der Waals surface area contributed by atoms with Gasteiger partial charge < -0.3 is 38.5 Å². The Morgan fingerprint density at radius 2 is 1.33 bits per heavy atom. The second kappa shape index (κ2) is 20.1. The highest BCUT2D eigenvalue weighted by molar-refractivity contribution is 6.76. The number of fused-ring (bicyclic) bond motifs is 3. The first-order chi connectivity index (χ1) is 29.1. The molecule has 18 heteroatoms. The molecule has 5 atom stereocenters. The van der Waals surface area contributed by atoms with Crippen molar-refractivity contribution in [3.8, 4) is 11.1 Å². The lowest BCUT2D eigenvalue weighted by molar-refractivity contribution is -0.263. The van der Waals surface area contributed by atoms with Crippen LogP contribution in [0.5, 0.6) is 0 Å². The van der Waals surface area contributed by atoms with Crippen molar-refractivity contribution in [3.63, 3.8) is 0 Å². The van der Waals surface area contributed by atoms with Crippen LogP contribution in [0.25, 0.3) is 11.1 Å². The van der Waals surface area contributed by atoms with Gasteiger partial charge in [-0.25, -0.2) is 9.79 Å². The normalized spacial score (nSPS) is 20.2. The Kier molecular flexibility index (Phi) is 15.0. The number of carbonyl (C=O) groups excluding carboxylic acids is 4. The molecule has 4 aromatic rings. The number of hydrogen-bond donors (Lipinski definition) is 1. The van der Waals surface area contributed by atoms with Crippen LogP contribution in [0.3, 0.4) is 0 Å². The molecule has 0 bridgehead atoms. The van der Waals surface area contributed by atoms with Crippen LogP contribution in [-0.4, -0.2) is 83.5 Å². The van der Waals surface area contributed by atoms with E-state index in [0.717, 1.165) is 22.3 Å². The smallest absolute Gasteiger partial charge is 0.456 e. The quantitative estimate of drug-likeness (QED) is 0.0564. The van der Waals surface area contributed by atoms with Gasteiger partial charge in [0.25, 0.3) is 15.6 Å². The number of ether oxygens (including phenoxy) is 6. The molecule has 1 aliphatic carbocycles. The van der Waals surface area contributed by atoms with Crippen LogP contribution in [0, 0.1) is 0 Å². The van der Waals surface area contributed by atoms with Crippen LogP contribution in [0.15, 0.2) is 114 Å². The summed E-state index contributed by atoms with van der Waals surface area (Å²) < 4.78 is 75.9. The number of halogens is 6. The molecule has 1 aliphatic heterocycles. The van der Waals surface area contributed by atoms with Crippen molar-refractivity contribution in [2.75, 3.05) is 13.2 Å². The van der Waals surface area contributed by atoms with Crippen molar-refractivity contribution in [2.24, 2.45) is 4.99 Å².